The lowest BCUT2D eigenvalue weighted by atomic mass is 10.0. The molecule has 0 radical (unpaired) electrons. The van der Waals surface area contributed by atoms with Crippen LogP contribution in [0.1, 0.15) is 30.7 Å². The molecule has 2 heterocycles. The molecule has 1 aromatic carbocycles. The van der Waals surface area contributed by atoms with E-state index in [1.54, 1.807) is 30.6 Å². The predicted octanol–water partition coefficient (Wildman–Crippen LogP) is 4.72. The third-order valence-corrected chi connectivity index (χ3v) is 6.33. The number of thiazole rings is 1. The third kappa shape index (κ3) is 5.07. The van der Waals surface area contributed by atoms with Gasteiger partial charge in [0.1, 0.15) is 23.0 Å². The van der Waals surface area contributed by atoms with Crippen molar-refractivity contribution in [3.8, 4) is 10.4 Å². The van der Waals surface area contributed by atoms with Crippen LogP contribution in [0, 0.1) is 0 Å². The lowest BCUT2D eigenvalue weighted by Gasteiger charge is -2.26. The number of urea groups is 1. The van der Waals surface area contributed by atoms with Crippen LogP contribution in [0.2, 0.25) is 0 Å². The van der Waals surface area contributed by atoms with Gasteiger partial charge < -0.3 is 15.2 Å². The van der Waals surface area contributed by atoms with Crippen molar-refractivity contribution in [3.63, 3.8) is 0 Å². The van der Waals surface area contributed by atoms with E-state index in [4.69, 9.17) is 9.84 Å². The number of carboxylic acid groups (broad SMARTS) is 1. The number of carbonyl (C=O) groups excluding carboxylic acids is 1. The highest BCUT2D eigenvalue weighted by Gasteiger charge is 2.40. The van der Waals surface area contributed by atoms with E-state index in [-0.39, 0.29) is 12.6 Å². The number of nitrogens with one attached hydrogen (secondary N) is 2. The molecule has 0 unspecified atom stereocenters. The normalized spacial score (nSPS) is 14.8. The standard InChI is InChI=1S/C22H22N4O4S/c27-19(28)14-30-22(10-4-5-11-22)20-24-13-17(31-20)15-8-9-18(23-12-15)26-21(29)25-16-6-2-1-3-7-16/h1-3,6-9,12-13H,4-5,10-11,14H2,(H,27,28)(H2,23,25,26,29). The maximum Gasteiger partial charge on any atom is 0.329 e. The minimum Gasteiger partial charge on any atom is -0.480 e. The van der Waals surface area contributed by atoms with Gasteiger partial charge in [-0.3, -0.25) is 5.32 Å². The highest BCUT2D eigenvalue weighted by molar-refractivity contribution is 7.15. The molecule has 0 spiro atoms. The average molecular weight is 439 g/mol. The van der Waals surface area contributed by atoms with Crippen molar-refractivity contribution in [1.82, 2.24) is 9.97 Å². The Morgan fingerprint density at radius 3 is 2.48 bits per heavy atom. The molecule has 3 aromatic rings. The first-order chi connectivity index (χ1) is 15.0. The molecular weight excluding hydrogens is 416 g/mol. The highest BCUT2D eigenvalue weighted by atomic mass is 32.1. The number of nitrogens with zero attached hydrogens (tertiary/aromatic N) is 2. The number of benzene rings is 1. The minimum absolute atomic E-state index is 0.331. The van der Waals surface area contributed by atoms with Crippen LogP contribution in [0.4, 0.5) is 16.3 Å². The molecule has 0 bridgehead atoms. The molecule has 2 amide bonds. The summed E-state index contributed by atoms with van der Waals surface area (Å²) in [6.45, 7) is -0.331. The highest BCUT2D eigenvalue weighted by Crippen LogP contribution is 2.45. The SMILES string of the molecule is O=C(O)COC1(c2ncc(-c3ccc(NC(=O)Nc4ccccc4)nc3)s2)CCCC1. The van der Waals surface area contributed by atoms with Gasteiger partial charge in [0.2, 0.25) is 0 Å². The first kappa shape index (κ1) is 21.0. The number of anilines is 2. The minimum atomic E-state index is -0.980. The van der Waals surface area contributed by atoms with Crippen molar-refractivity contribution in [3.05, 3.63) is 59.9 Å². The van der Waals surface area contributed by atoms with E-state index in [2.05, 4.69) is 20.6 Å². The summed E-state index contributed by atoms with van der Waals surface area (Å²) in [5, 5.41) is 15.2. The number of hydrogen-bond acceptors (Lipinski definition) is 6. The van der Waals surface area contributed by atoms with Gasteiger partial charge in [-0.15, -0.1) is 11.3 Å². The van der Waals surface area contributed by atoms with Crippen LogP contribution in [0.25, 0.3) is 10.4 Å². The van der Waals surface area contributed by atoms with E-state index in [0.29, 0.717) is 11.5 Å². The van der Waals surface area contributed by atoms with Crippen molar-refractivity contribution in [2.24, 2.45) is 0 Å². The Labute approximate surface area is 183 Å². The summed E-state index contributed by atoms with van der Waals surface area (Å²) in [7, 11) is 0. The summed E-state index contributed by atoms with van der Waals surface area (Å²) in [4.78, 5) is 32.9. The Hall–Kier alpha value is -3.30. The topological polar surface area (TPSA) is 113 Å². The summed E-state index contributed by atoms with van der Waals surface area (Å²) in [5.74, 6) is -0.550. The monoisotopic (exact) mass is 438 g/mol. The van der Waals surface area contributed by atoms with Crippen molar-refractivity contribution in [2.75, 3.05) is 17.2 Å². The number of aliphatic carboxylic acids is 1. The zero-order valence-electron chi connectivity index (χ0n) is 16.7. The van der Waals surface area contributed by atoms with Crippen LogP contribution in [-0.2, 0) is 15.1 Å². The second-order valence-electron chi connectivity index (χ2n) is 7.29. The molecular formula is C22H22N4O4S. The zero-order valence-corrected chi connectivity index (χ0v) is 17.5. The second kappa shape index (κ2) is 9.23. The van der Waals surface area contributed by atoms with E-state index < -0.39 is 11.6 Å². The van der Waals surface area contributed by atoms with Gasteiger partial charge in [-0.1, -0.05) is 31.0 Å². The molecule has 1 aliphatic carbocycles. The third-order valence-electron chi connectivity index (χ3n) is 5.10. The summed E-state index contributed by atoms with van der Waals surface area (Å²) in [5.41, 5.74) is 0.940. The van der Waals surface area contributed by atoms with Gasteiger partial charge in [-0.25, -0.2) is 19.6 Å². The van der Waals surface area contributed by atoms with E-state index >= 15 is 0 Å². The molecule has 1 saturated carbocycles. The maximum atomic E-state index is 12.1. The first-order valence-corrected chi connectivity index (χ1v) is 10.8. The number of carbonyl (C=O) groups is 2. The number of aromatic nitrogens is 2. The predicted molar refractivity (Wildman–Crippen MR) is 118 cm³/mol. The largest absolute Gasteiger partial charge is 0.480 e. The number of rotatable bonds is 7. The van der Waals surface area contributed by atoms with E-state index in [1.807, 2.05) is 24.3 Å². The van der Waals surface area contributed by atoms with Gasteiger partial charge in [-0.2, -0.15) is 0 Å². The number of amides is 2. The molecule has 8 nitrogen and oxygen atoms in total. The lowest BCUT2D eigenvalue weighted by Crippen LogP contribution is -2.28. The number of pyridine rings is 1. The Balaban J connectivity index is 1.43. The summed E-state index contributed by atoms with van der Waals surface area (Å²) < 4.78 is 5.78. The number of para-hydroxylation sites is 1. The molecule has 4 rings (SSSR count). The van der Waals surface area contributed by atoms with Crippen LogP contribution in [0.15, 0.2) is 54.9 Å². The fourth-order valence-corrected chi connectivity index (χ4v) is 4.70. The van der Waals surface area contributed by atoms with E-state index in [1.165, 1.54) is 11.3 Å². The Morgan fingerprint density at radius 1 is 1.03 bits per heavy atom. The molecule has 160 valence electrons. The first-order valence-electron chi connectivity index (χ1n) is 9.96. The second-order valence-corrected chi connectivity index (χ2v) is 8.32. The number of hydrogen-bond donors (Lipinski definition) is 3. The molecule has 0 aliphatic heterocycles. The lowest BCUT2D eigenvalue weighted by molar-refractivity contribution is -0.150. The van der Waals surface area contributed by atoms with Crippen LogP contribution >= 0.6 is 11.3 Å². The Kier molecular flexibility index (Phi) is 6.24. The fraction of sp³-hybridized carbons (Fsp3) is 0.273. The smallest absolute Gasteiger partial charge is 0.329 e. The van der Waals surface area contributed by atoms with Gasteiger partial charge in [0.05, 0.1) is 4.88 Å². The van der Waals surface area contributed by atoms with E-state index in [0.717, 1.165) is 41.1 Å². The molecule has 3 N–H and O–H groups in total. The van der Waals surface area contributed by atoms with Crippen molar-refractivity contribution in [1.29, 1.82) is 0 Å². The van der Waals surface area contributed by atoms with Gasteiger partial charge in [0, 0.05) is 23.6 Å². The summed E-state index contributed by atoms with van der Waals surface area (Å²) >= 11 is 1.49. The molecule has 1 aliphatic rings. The number of ether oxygens (including phenoxy) is 1. The summed E-state index contributed by atoms with van der Waals surface area (Å²) in [6, 6.07) is 12.4. The van der Waals surface area contributed by atoms with Crippen LogP contribution < -0.4 is 10.6 Å². The van der Waals surface area contributed by atoms with Crippen molar-refractivity contribution < 1.29 is 19.4 Å². The molecule has 1 fully saturated rings. The van der Waals surface area contributed by atoms with E-state index in [9.17, 15) is 9.59 Å². The maximum absolute atomic E-state index is 12.1. The van der Waals surface area contributed by atoms with Crippen LogP contribution in [0.3, 0.4) is 0 Å². The van der Waals surface area contributed by atoms with Gasteiger partial charge in [0.25, 0.3) is 0 Å². The van der Waals surface area contributed by atoms with Gasteiger partial charge in [-0.05, 0) is 37.1 Å². The average Bonchev–Trinajstić information content (AvgIpc) is 3.44. The molecule has 31 heavy (non-hydrogen) atoms. The number of carboxylic acids is 1. The van der Waals surface area contributed by atoms with Crippen LogP contribution in [-0.4, -0.2) is 33.7 Å². The molecule has 2 aromatic heterocycles. The Bertz CT molecular complexity index is 1050. The Morgan fingerprint density at radius 2 is 1.81 bits per heavy atom. The van der Waals surface area contributed by atoms with Crippen molar-refractivity contribution >= 4 is 34.8 Å². The molecule has 9 heteroatoms. The van der Waals surface area contributed by atoms with Gasteiger partial charge in [0.15, 0.2) is 0 Å². The quantitative estimate of drug-likeness (QED) is 0.492. The zero-order chi connectivity index (χ0) is 21.7. The summed E-state index contributed by atoms with van der Waals surface area (Å²) in [6.07, 6.45) is 6.95. The molecule has 0 saturated heterocycles. The van der Waals surface area contributed by atoms with Crippen LogP contribution in [0.5, 0.6) is 0 Å². The van der Waals surface area contributed by atoms with Gasteiger partial charge >= 0.3 is 12.0 Å². The molecule has 0 atom stereocenters. The van der Waals surface area contributed by atoms with Crippen molar-refractivity contribution in [2.45, 2.75) is 31.3 Å². The fourth-order valence-electron chi connectivity index (χ4n) is 3.60.